The summed E-state index contributed by atoms with van der Waals surface area (Å²) < 4.78 is 0. The average molecular weight is 304 g/mol. The lowest BCUT2D eigenvalue weighted by atomic mass is 10.1. The van der Waals surface area contributed by atoms with E-state index in [2.05, 4.69) is 10.6 Å². The lowest BCUT2D eigenvalue weighted by molar-refractivity contribution is -0.138. The number of aliphatic hydroxyl groups is 1. The quantitative estimate of drug-likeness (QED) is 0.243. The minimum absolute atomic E-state index is 0.306. The first kappa shape index (κ1) is 19.3. The van der Waals surface area contributed by atoms with Crippen LogP contribution in [0.15, 0.2) is 0 Å². The number of carboxylic acid groups (broad SMARTS) is 1. The maximum atomic E-state index is 11.8. The predicted molar refractivity (Wildman–Crippen MR) is 75.1 cm³/mol. The zero-order chi connectivity index (χ0) is 16.4. The molecule has 0 aliphatic rings. The number of nitrogens with one attached hydrogen (secondary N) is 2. The van der Waals surface area contributed by atoms with Crippen molar-refractivity contribution in [2.24, 2.45) is 11.5 Å². The summed E-state index contributed by atoms with van der Waals surface area (Å²) in [4.78, 5) is 34.0. The van der Waals surface area contributed by atoms with Crippen molar-refractivity contribution in [2.45, 2.75) is 44.4 Å². The third kappa shape index (κ3) is 8.23. The third-order valence-corrected chi connectivity index (χ3v) is 2.82. The van der Waals surface area contributed by atoms with Crippen LogP contribution in [0.3, 0.4) is 0 Å². The van der Waals surface area contributed by atoms with E-state index in [0.29, 0.717) is 25.8 Å². The first-order valence-corrected chi connectivity index (χ1v) is 6.73. The van der Waals surface area contributed by atoms with Crippen LogP contribution in [0.1, 0.15) is 26.2 Å². The van der Waals surface area contributed by atoms with Crippen LogP contribution in [0, 0.1) is 0 Å². The second-order valence-corrected chi connectivity index (χ2v) is 4.72. The van der Waals surface area contributed by atoms with Crippen molar-refractivity contribution in [3.8, 4) is 0 Å². The number of unbranched alkanes of at least 4 members (excludes halogenated alkanes) is 1. The molecular weight excluding hydrogens is 280 g/mol. The van der Waals surface area contributed by atoms with Crippen LogP contribution < -0.4 is 22.1 Å². The molecule has 0 heterocycles. The monoisotopic (exact) mass is 304 g/mol. The number of carbonyl (C=O) groups is 3. The number of aliphatic hydroxyl groups excluding tert-OH is 1. The van der Waals surface area contributed by atoms with E-state index in [1.807, 2.05) is 0 Å². The van der Waals surface area contributed by atoms with Crippen LogP contribution in [0.5, 0.6) is 0 Å². The minimum atomic E-state index is -1.18. The van der Waals surface area contributed by atoms with E-state index in [4.69, 9.17) is 16.6 Å². The molecule has 0 radical (unpaired) electrons. The van der Waals surface area contributed by atoms with Gasteiger partial charge in [-0.3, -0.25) is 14.4 Å². The SMILES string of the molecule is CC(O)C(N)C(=O)NC(CCCCN)C(=O)NCC(=O)O. The molecule has 8 N–H and O–H groups in total. The molecule has 0 aliphatic heterocycles. The van der Waals surface area contributed by atoms with Crippen molar-refractivity contribution in [2.75, 3.05) is 13.1 Å². The van der Waals surface area contributed by atoms with Gasteiger partial charge in [-0.2, -0.15) is 0 Å². The van der Waals surface area contributed by atoms with Gasteiger partial charge in [0, 0.05) is 0 Å². The Balaban J connectivity index is 4.60. The zero-order valence-electron chi connectivity index (χ0n) is 12.0. The molecule has 0 spiro atoms. The molecular formula is C12H24N4O5. The molecule has 21 heavy (non-hydrogen) atoms. The van der Waals surface area contributed by atoms with Crippen LogP contribution >= 0.6 is 0 Å². The molecule has 0 aromatic rings. The highest BCUT2D eigenvalue weighted by molar-refractivity contribution is 5.91. The van der Waals surface area contributed by atoms with Crippen LogP contribution in [0.4, 0.5) is 0 Å². The standard InChI is InChI=1S/C12H24N4O5/c1-7(17)10(14)12(21)16-8(4-2-3-5-13)11(20)15-6-9(18)19/h7-8,10,17H,2-6,13-14H2,1H3,(H,15,20)(H,16,21)(H,18,19). The lowest BCUT2D eigenvalue weighted by Gasteiger charge is -2.21. The fourth-order valence-electron chi connectivity index (χ4n) is 1.53. The summed E-state index contributed by atoms with van der Waals surface area (Å²) in [7, 11) is 0. The molecule has 122 valence electrons. The molecule has 0 aromatic carbocycles. The van der Waals surface area contributed by atoms with Crippen molar-refractivity contribution in [3.63, 3.8) is 0 Å². The molecule has 3 unspecified atom stereocenters. The number of nitrogens with two attached hydrogens (primary N) is 2. The van der Waals surface area contributed by atoms with Gasteiger partial charge in [-0.1, -0.05) is 0 Å². The highest BCUT2D eigenvalue weighted by Gasteiger charge is 2.25. The summed E-state index contributed by atoms with van der Waals surface area (Å²) >= 11 is 0. The van der Waals surface area contributed by atoms with E-state index in [1.54, 1.807) is 0 Å². The number of carboxylic acids is 1. The Morgan fingerprint density at radius 3 is 2.29 bits per heavy atom. The molecule has 3 atom stereocenters. The lowest BCUT2D eigenvalue weighted by Crippen LogP contribution is -2.54. The Kier molecular flexibility index (Phi) is 9.26. The van der Waals surface area contributed by atoms with Crippen molar-refractivity contribution in [3.05, 3.63) is 0 Å². The number of carbonyl (C=O) groups excluding carboxylic acids is 2. The zero-order valence-corrected chi connectivity index (χ0v) is 12.0. The Morgan fingerprint density at radius 1 is 1.19 bits per heavy atom. The van der Waals surface area contributed by atoms with Crippen LogP contribution in [-0.4, -0.2) is 59.3 Å². The summed E-state index contributed by atoms with van der Waals surface area (Å²) in [6.07, 6.45) is 0.505. The average Bonchev–Trinajstić information content (AvgIpc) is 2.42. The first-order valence-electron chi connectivity index (χ1n) is 6.73. The number of hydrogen-bond donors (Lipinski definition) is 6. The maximum Gasteiger partial charge on any atom is 0.322 e. The normalized spacial score (nSPS) is 14.9. The van der Waals surface area contributed by atoms with Gasteiger partial charge < -0.3 is 32.3 Å². The Morgan fingerprint density at radius 2 is 1.81 bits per heavy atom. The Bertz CT molecular complexity index is 362. The van der Waals surface area contributed by atoms with Gasteiger partial charge in [-0.05, 0) is 32.7 Å². The predicted octanol–water partition coefficient (Wildman–Crippen LogP) is -2.49. The Hall–Kier alpha value is -1.71. The first-order chi connectivity index (χ1) is 9.79. The van der Waals surface area contributed by atoms with E-state index in [-0.39, 0.29) is 0 Å². The fraction of sp³-hybridized carbons (Fsp3) is 0.750. The maximum absolute atomic E-state index is 11.8. The number of hydrogen-bond acceptors (Lipinski definition) is 6. The number of amides is 2. The van der Waals surface area contributed by atoms with Gasteiger partial charge in [0.05, 0.1) is 6.10 Å². The molecule has 0 bridgehead atoms. The molecule has 0 aromatic heterocycles. The van der Waals surface area contributed by atoms with E-state index in [1.165, 1.54) is 6.92 Å². The summed E-state index contributed by atoms with van der Waals surface area (Å²) in [5, 5.41) is 22.4. The molecule has 0 fully saturated rings. The van der Waals surface area contributed by atoms with Gasteiger partial charge in [0.1, 0.15) is 18.6 Å². The highest BCUT2D eigenvalue weighted by atomic mass is 16.4. The molecule has 9 nitrogen and oxygen atoms in total. The third-order valence-electron chi connectivity index (χ3n) is 2.82. The van der Waals surface area contributed by atoms with Crippen molar-refractivity contribution in [1.29, 1.82) is 0 Å². The summed E-state index contributed by atoms with van der Waals surface area (Å²) in [6, 6.07) is -2.07. The van der Waals surface area contributed by atoms with Crippen LogP contribution in [0.25, 0.3) is 0 Å². The molecule has 2 amide bonds. The van der Waals surface area contributed by atoms with Gasteiger partial charge in [-0.25, -0.2) is 0 Å². The van der Waals surface area contributed by atoms with Gasteiger partial charge in [-0.15, -0.1) is 0 Å². The van der Waals surface area contributed by atoms with Crippen molar-refractivity contribution in [1.82, 2.24) is 10.6 Å². The fourth-order valence-corrected chi connectivity index (χ4v) is 1.53. The van der Waals surface area contributed by atoms with E-state index in [9.17, 15) is 19.5 Å². The van der Waals surface area contributed by atoms with Gasteiger partial charge in [0.25, 0.3) is 0 Å². The van der Waals surface area contributed by atoms with E-state index < -0.39 is 42.5 Å². The van der Waals surface area contributed by atoms with Crippen LogP contribution in [0.2, 0.25) is 0 Å². The van der Waals surface area contributed by atoms with Gasteiger partial charge in [0.2, 0.25) is 11.8 Å². The highest BCUT2D eigenvalue weighted by Crippen LogP contribution is 2.02. The Labute approximate surface area is 123 Å². The second kappa shape index (κ2) is 10.1. The van der Waals surface area contributed by atoms with Gasteiger partial charge >= 0.3 is 5.97 Å². The summed E-state index contributed by atoms with van der Waals surface area (Å²) in [5.41, 5.74) is 10.8. The molecule has 0 rings (SSSR count). The van der Waals surface area contributed by atoms with Crippen molar-refractivity contribution >= 4 is 17.8 Å². The molecule has 0 aliphatic carbocycles. The molecule has 9 heteroatoms. The molecule has 0 saturated heterocycles. The minimum Gasteiger partial charge on any atom is -0.480 e. The van der Waals surface area contributed by atoms with Crippen molar-refractivity contribution < 1.29 is 24.6 Å². The second-order valence-electron chi connectivity index (χ2n) is 4.72. The smallest absolute Gasteiger partial charge is 0.322 e. The number of aliphatic carboxylic acids is 1. The largest absolute Gasteiger partial charge is 0.480 e. The summed E-state index contributed by atoms with van der Waals surface area (Å²) in [5.74, 6) is -2.47. The topological polar surface area (TPSA) is 168 Å². The van der Waals surface area contributed by atoms with E-state index in [0.717, 1.165) is 0 Å². The van der Waals surface area contributed by atoms with Crippen LogP contribution in [-0.2, 0) is 14.4 Å². The van der Waals surface area contributed by atoms with E-state index >= 15 is 0 Å². The molecule has 0 saturated carbocycles. The number of rotatable bonds is 10. The van der Waals surface area contributed by atoms with Gasteiger partial charge in [0.15, 0.2) is 0 Å². The summed E-state index contributed by atoms with van der Waals surface area (Å²) in [6.45, 7) is 1.27.